The van der Waals surface area contributed by atoms with E-state index in [-0.39, 0.29) is 0 Å². The number of carbonyl (C=O) groups excluding carboxylic acids is 3. The van der Waals surface area contributed by atoms with Crippen molar-refractivity contribution in [1.82, 2.24) is 0 Å². The van der Waals surface area contributed by atoms with Crippen molar-refractivity contribution >= 4 is 17.9 Å². The molecule has 0 N–H and O–H groups in total. The van der Waals surface area contributed by atoms with Crippen LogP contribution in [-0.2, 0) is 0 Å². The highest BCUT2D eigenvalue weighted by Gasteiger charge is 2.21. The van der Waals surface area contributed by atoms with Crippen molar-refractivity contribution in [3.8, 4) is 11.1 Å². The lowest BCUT2D eigenvalue weighted by Crippen LogP contribution is -2.15. The monoisotopic (exact) mass is 314 g/mol. The standard InChI is InChI=1S/C21H14O3/c22-14-15-10-12-16(13-11-15)18-8-4-5-9-19(18)21(24)20(23)17-6-2-1-3-7-17/h1-14H. The van der Waals surface area contributed by atoms with Gasteiger partial charge in [-0.15, -0.1) is 0 Å². The fourth-order valence-electron chi connectivity index (χ4n) is 2.52. The van der Waals surface area contributed by atoms with Crippen LogP contribution in [0.1, 0.15) is 31.1 Å². The summed E-state index contributed by atoms with van der Waals surface area (Å²) in [4.78, 5) is 35.9. The van der Waals surface area contributed by atoms with Crippen LogP contribution in [-0.4, -0.2) is 17.9 Å². The lowest BCUT2D eigenvalue weighted by molar-refractivity contribution is 0.0817. The van der Waals surface area contributed by atoms with Gasteiger partial charge in [-0.05, 0) is 11.1 Å². The molecule has 3 aromatic rings. The van der Waals surface area contributed by atoms with Crippen molar-refractivity contribution in [2.75, 3.05) is 0 Å². The Kier molecular flexibility index (Phi) is 4.43. The second kappa shape index (κ2) is 6.84. The molecule has 3 aromatic carbocycles. The second-order valence-electron chi connectivity index (χ2n) is 5.31. The Morgan fingerprint density at radius 1 is 0.667 bits per heavy atom. The minimum atomic E-state index is -0.545. The average Bonchev–Trinajstić information content (AvgIpc) is 2.67. The van der Waals surface area contributed by atoms with E-state index < -0.39 is 11.6 Å². The maximum Gasteiger partial charge on any atom is 0.234 e. The predicted molar refractivity (Wildman–Crippen MR) is 92.4 cm³/mol. The molecule has 3 nitrogen and oxygen atoms in total. The zero-order valence-corrected chi connectivity index (χ0v) is 12.8. The summed E-state index contributed by atoms with van der Waals surface area (Å²) in [5.41, 5.74) is 2.73. The highest BCUT2D eigenvalue weighted by atomic mass is 16.2. The summed E-state index contributed by atoms with van der Waals surface area (Å²) in [6.45, 7) is 0. The molecule has 0 bridgehead atoms. The van der Waals surface area contributed by atoms with Gasteiger partial charge in [0.15, 0.2) is 0 Å². The third kappa shape index (κ3) is 3.06. The number of benzene rings is 3. The molecule has 0 atom stereocenters. The number of ketones is 2. The highest BCUT2D eigenvalue weighted by Crippen LogP contribution is 2.25. The lowest BCUT2D eigenvalue weighted by atomic mass is 9.93. The van der Waals surface area contributed by atoms with E-state index in [9.17, 15) is 14.4 Å². The molecule has 0 fully saturated rings. The summed E-state index contributed by atoms with van der Waals surface area (Å²) in [7, 11) is 0. The first-order chi connectivity index (χ1) is 11.7. The highest BCUT2D eigenvalue weighted by molar-refractivity contribution is 6.50. The molecule has 0 aliphatic carbocycles. The molecular formula is C21H14O3. The maximum atomic E-state index is 12.7. The number of rotatable bonds is 5. The lowest BCUT2D eigenvalue weighted by Gasteiger charge is -2.09. The van der Waals surface area contributed by atoms with Crippen LogP contribution in [0.5, 0.6) is 0 Å². The fraction of sp³-hybridized carbons (Fsp3) is 0. The van der Waals surface area contributed by atoms with Crippen molar-refractivity contribution in [1.29, 1.82) is 0 Å². The molecule has 0 aromatic heterocycles. The average molecular weight is 314 g/mol. The first-order valence-corrected chi connectivity index (χ1v) is 7.49. The van der Waals surface area contributed by atoms with Crippen LogP contribution in [0.15, 0.2) is 78.9 Å². The number of aldehydes is 1. The van der Waals surface area contributed by atoms with Crippen molar-refractivity contribution in [2.24, 2.45) is 0 Å². The quantitative estimate of drug-likeness (QED) is 0.402. The van der Waals surface area contributed by atoms with Gasteiger partial charge in [0, 0.05) is 16.7 Å². The zero-order chi connectivity index (χ0) is 16.9. The first-order valence-electron chi connectivity index (χ1n) is 7.49. The molecule has 0 heterocycles. The van der Waals surface area contributed by atoms with Gasteiger partial charge in [0.2, 0.25) is 11.6 Å². The van der Waals surface area contributed by atoms with Gasteiger partial charge in [0.1, 0.15) is 6.29 Å². The van der Waals surface area contributed by atoms with E-state index in [1.807, 2.05) is 6.07 Å². The summed E-state index contributed by atoms with van der Waals surface area (Å²) in [5, 5.41) is 0. The van der Waals surface area contributed by atoms with Crippen LogP contribution in [0.4, 0.5) is 0 Å². The van der Waals surface area contributed by atoms with E-state index in [1.54, 1.807) is 72.8 Å². The van der Waals surface area contributed by atoms with E-state index >= 15 is 0 Å². The summed E-state index contributed by atoms with van der Waals surface area (Å²) >= 11 is 0. The van der Waals surface area contributed by atoms with Crippen molar-refractivity contribution in [3.63, 3.8) is 0 Å². The molecule has 0 aliphatic rings. The van der Waals surface area contributed by atoms with E-state index in [2.05, 4.69) is 0 Å². The van der Waals surface area contributed by atoms with Gasteiger partial charge in [-0.2, -0.15) is 0 Å². The van der Waals surface area contributed by atoms with Gasteiger partial charge in [-0.25, -0.2) is 0 Å². The Morgan fingerprint density at radius 3 is 1.96 bits per heavy atom. The number of hydrogen-bond donors (Lipinski definition) is 0. The van der Waals surface area contributed by atoms with Crippen LogP contribution in [0, 0.1) is 0 Å². The molecule has 116 valence electrons. The van der Waals surface area contributed by atoms with Gasteiger partial charge < -0.3 is 0 Å². The van der Waals surface area contributed by atoms with Crippen LogP contribution in [0.25, 0.3) is 11.1 Å². The molecule has 24 heavy (non-hydrogen) atoms. The molecule has 0 amide bonds. The summed E-state index contributed by atoms with van der Waals surface area (Å²) in [6, 6.07) is 22.4. The first kappa shape index (κ1) is 15.6. The molecule has 0 unspecified atom stereocenters. The molecule has 0 radical (unpaired) electrons. The summed E-state index contributed by atoms with van der Waals surface area (Å²) in [5.74, 6) is -1.08. The van der Waals surface area contributed by atoms with Crippen LogP contribution >= 0.6 is 0 Å². The van der Waals surface area contributed by atoms with E-state index in [0.29, 0.717) is 22.3 Å². The topological polar surface area (TPSA) is 51.2 Å². The Morgan fingerprint density at radius 2 is 1.29 bits per heavy atom. The zero-order valence-electron chi connectivity index (χ0n) is 12.8. The van der Waals surface area contributed by atoms with Crippen molar-refractivity contribution < 1.29 is 14.4 Å². The van der Waals surface area contributed by atoms with Gasteiger partial charge >= 0.3 is 0 Å². The van der Waals surface area contributed by atoms with Gasteiger partial charge in [0.25, 0.3) is 0 Å². The van der Waals surface area contributed by atoms with Gasteiger partial charge in [-0.1, -0.05) is 78.9 Å². The molecule has 3 rings (SSSR count). The summed E-state index contributed by atoms with van der Waals surface area (Å²) < 4.78 is 0. The molecular weight excluding hydrogens is 300 g/mol. The molecule has 0 saturated carbocycles. The van der Waals surface area contributed by atoms with E-state index in [1.165, 1.54) is 0 Å². The smallest absolute Gasteiger partial charge is 0.234 e. The molecule has 3 heteroatoms. The second-order valence-corrected chi connectivity index (χ2v) is 5.31. The van der Waals surface area contributed by atoms with Crippen LogP contribution in [0.3, 0.4) is 0 Å². The van der Waals surface area contributed by atoms with E-state index in [0.717, 1.165) is 11.8 Å². The Balaban J connectivity index is 2.01. The third-order valence-electron chi connectivity index (χ3n) is 3.77. The minimum Gasteiger partial charge on any atom is -0.298 e. The minimum absolute atomic E-state index is 0.352. The van der Waals surface area contributed by atoms with Crippen molar-refractivity contribution in [3.05, 3.63) is 95.6 Å². The van der Waals surface area contributed by atoms with Crippen molar-refractivity contribution in [2.45, 2.75) is 0 Å². The number of carbonyl (C=O) groups is 3. The van der Waals surface area contributed by atoms with Gasteiger partial charge in [0.05, 0.1) is 0 Å². The largest absolute Gasteiger partial charge is 0.298 e. The molecule has 0 aliphatic heterocycles. The number of hydrogen-bond acceptors (Lipinski definition) is 3. The third-order valence-corrected chi connectivity index (χ3v) is 3.77. The molecule has 0 spiro atoms. The van der Waals surface area contributed by atoms with Crippen LogP contribution < -0.4 is 0 Å². The normalized spacial score (nSPS) is 10.2. The maximum absolute atomic E-state index is 12.7. The SMILES string of the molecule is O=Cc1ccc(-c2ccccc2C(=O)C(=O)c2ccccc2)cc1. The Hall–Kier alpha value is -3.33. The number of Topliss-reactive ketones (excluding diaryl/α,β-unsaturated/α-hetero) is 2. The predicted octanol–water partition coefficient (Wildman–Crippen LogP) is 4.23. The molecule has 0 saturated heterocycles. The van der Waals surface area contributed by atoms with E-state index in [4.69, 9.17) is 0 Å². The Labute approximate surface area is 139 Å². The van der Waals surface area contributed by atoms with Gasteiger partial charge in [-0.3, -0.25) is 14.4 Å². The van der Waals surface area contributed by atoms with Crippen LogP contribution in [0.2, 0.25) is 0 Å². The fourth-order valence-corrected chi connectivity index (χ4v) is 2.52. The Bertz CT molecular complexity index is 894. The summed E-state index contributed by atoms with van der Waals surface area (Å²) in [6.07, 6.45) is 0.764.